The second-order valence-electron chi connectivity index (χ2n) is 5.57. The van der Waals surface area contributed by atoms with Gasteiger partial charge in [0, 0.05) is 32.7 Å². The van der Waals surface area contributed by atoms with Gasteiger partial charge in [-0.05, 0) is 12.8 Å². The largest absolute Gasteiger partial charge is 0.383 e. The van der Waals surface area contributed by atoms with Crippen LogP contribution in [0.3, 0.4) is 0 Å². The average Bonchev–Trinajstić information content (AvgIpc) is 3.18. The minimum absolute atomic E-state index is 0. The molecule has 0 saturated heterocycles. The molecule has 1 aliphatic rings. The van der Waals surface area contributed by atoms with Crippen LogP contribution in [0.1, 0.15) is 38.4 Å². The number of rotatable bonds is 8. The van der Waals surface area contributed by atoms with Crippen molar-refractivity contribution in [2.75, 3.05) is 26.8 Å². The van der Waals surface area contributed by atoms with Crippen LogP contribution in [0.25, 0.3) is 0 Å². The highest BCUT2D eigenvalue weighted by Crippen LogP contribution is 2.17. The summed E-state index contributed by atoms with van der Waals surface area (Å²) in [5.41, 5.74) is 0. The van der Waals surface area contributed by atoms with Crippen LogP contribution in [0.5, 0.6) is 0 Å². The van der Waals surface area contributed by atoms with Crippen molar-refractivity contribution in [3.8, 4) is 0 Å². The molecule has 2 rings (SSSR count). The molecule has 0 aromatic carbocycles. The molecule has 1 fully saturated rings. The van der Waals surface area contributed by atoms with Gasteiger partial charge in [-0.25, -0.2) is 0 Å². The molecule has 7 nitrogen and oxygen atoms in total. The number of methoxy groups -OCH3 is 1. The number of halogens is 1. The predicted molar refractivity (Wildman–Crippen MR) is 102 cm³/mol. The molecule has 0 aliphatic heterocycles. The average molecular weight is 436 g/mol. The van der Waals surface area contributed by atoms with Gasteiger partial charge in [0.15, 0.2) is 5.96 Å². The quantitative estimate of drug-likeness (QED) is 0.280. The normalized spacial score (nSPS) is 15.5. The fourth-order valence-electron chi connectivity index (χ4n) is 2.70. The molecule has 8 heteroatoms. The Bertz CT molecular complexity index is 459. The zero-order valence-electron chi connectivity index (χ0n) is 14.1. The highest BCUT2D eigenvalue weighted by molar-refractivity contribution is 14.0. The monoisotopic (exact) mass is 436 g/mol. The number of aromatic nitrogens is 3. The molecule has 0 amide bonds. The highest BCUT2D eigenvalue weighted by atomic mass is 127. The van der Waals surface area contributed by atoms with E-state index in [1.54, 1.807) is 13.4 Å². The van der Waals surface area contributed by atoms with E-state index in [0.717, 1.165) is 31.3 Å². The van der Waals surface area contributed by atoms with Crippen molar-refractivity contribution in [3.63, 3.8) is 0 Å². The predicted octanol–water partition coefficient (Wildman–Crippen LogP) is 1.58. The minimum Gasteiger partial charge on any atom is -0.383 e. The van der Waals surface area contributed by atoms with Crippen LogP contribution in [0, 0.1) is 0 Å². The lowest BCUT2D eigenvalue weighted by atomic mass is 10.2. The molecule has 23 heavy (non-hydrogen) atoms. The summed E-state index contributed by atoms with van der Waals surface area (Å²) in [4.78, 5) is 4.57. The Kier molecular flexibility index (Phi) is 10.2. The number of aryl methyl sites for hydroxylation is 1. The zero-order valence-corrected chi connectivity index (χ0v) is 16.5. The van der Waals surface area contributed by atoms with Gasteiger partial charge in [0.05, 0.1) is 13.2 Å². The van der Waals surface area contributed by atoms with Gasteiger partial charge in [-0.1, -0.05) is 19.8 Å². The third-order valence-electron chi connectivity index (χ3n) is 3.92. The standard InChI is InChI=1S/C15H28N6O.HI/c1-3-14-20-18-12-21(14)10-8-16-15(17-9-11-22-2)19-13-6-4-5-7-13;/h12-13H,3-11H2,1-2H3,(H2,16,17,19);1H. The van der Waals surface area contributed by atoms with Crippen molar-refractivity contribution < 1.29 is 4.74 Å². The van der Waals surface area contributed by atoms with E-state index in [9.17, 15) is 0 Å². The Hall–Kier alpha value is -0.900. The Balaban J connectivity index is 0.00000264. The smallest absolute Gasteiger partial charge is 0.191 e. The molecule has 1 heterocycles. The molecule has 132 valence electrons. The summed E-state index contributed by atoms with van der Waals surface area (Å²) in [7, 11) is 1.70. The maximum atomic E-state index is 5.07. The molecule has 1 aliphatic carbocycles. The summed E-state index contributed by atoms with van der Waals surface area (Å²) in [6.45, 7) is 5.05. The summed E-state index contributed by atoms with van der Waals surface area (Å²) in [5.74, 6) is 1.90. The van der Waals surface area contributed by atoms with Crippen LogP contribution in [0.15, 0.2) is 11.3 Å². The molecule has 0 spiro atoms. The molecule has 2 N–H and O–H groups in total. The van der Waals surface area contributed by atoms with E-state index in [1.807, 2.05) is 0 Å². The van der Waals surface area contributed by atoms with Crippen LogP contribution in [0.2, 0.25) is 0 Å². The first-order chi connectivity index (χ1) is 10.8. The van der Waals surface area contributed by atoms with Crippen LogP contribution >= 0.6 is 24.0 Å². The van der Waals surface area contributed by atoms with Crippen molar-refractivity contribution in [2.24, 2.45) is 4.99 Å². The van der Waals surface area contributed by atoms with Gasteiger partial charge in [-0.15, -0.1) is 34.2 Å². The van der Waals surface area contributed by atoms with Crippen molar-refractivity contribution in [1.29, 1.82) is 0 Å². The molecule has 0 bridgehead atoms. The summed E-state index contributed by atoms with van der Waals surface area (Å²) < 4.78 is 7.15. The second-order valence-corrected chi connectivity index (χ2v) is 5.57. The van der Waals surface area contributed by atoms with E-state index < -0.39 is 0 Å². The van der Waals surface area contributed by atoms with Gasteiger partial charge in [0.2, 0.25) is 0 Å². The summed E-state index contributed by atoms with van der Waals surface area (Å²) in [5, 5.41) is 15.0. The molecule has 1 aromatic heterocycles. The molecule has 0 atom stereocenters. The molecule has 1 saturated carbocycles. The lowest BCUT2D eigenvalue weighted by Gasteiger charge is -2.17. The van der Waals surface area contributed by atoms with E-state index in [2.05, 4.69) is 37.3 Å². The zero-order chi connectivity index (χ0) is 15.6. The molecule has 0 radical (unpaired) electrons. The Labute approximate surface area is 155 Å². The highest BCUT2D eigenvalue weighted by Gasteiger charge is 2.15. The number of ether oxygens (including phenoxy) is 1. The molecular formula is C15H29IN6O. The van der Waals surface area contributed by atoms with Crippen molar-refractivity contribution in [3.05, 3.63) is 12.2 Å². The van der Waals surface area contributed by atoms with E-state index in [4.69, 9.17) is 4.74 Å². The van der Waals surface area contributed by atoms with Crippen molar-refractivity contribution in [1.82, 2.24) is 25.4 Å². The molecular weight excluding hydrogens is 407 g/mol. The fraction of sp³-hybridized carbons (Fsp3) is 0.800. The topological polar surface area (TPSA) is 76.4 Å². The van der Waals surface area contributed by atoms with Gasteiger partial charge in [-0.3, -0.25) is 4.99 Å². The van der Waals surface area contributed by atoms with Gasteiger partial charge in [0.25, 0.3) is 0 Å². The van der Waals surface area contributed by atoms with Crippen LogP contribution in [-0.2, 0) is 17.7 Å². The Morgan fingerprint density at radius 3 is 2.91 bits per heavy atom. The van der Waals surface area contributed by atoms with Crippen LogP contribution in [0.4, 0.5) is 0 Å². The molecule has 0 unspecified atom stereocenters. The first-order valence-corrected chi connectivity index (χ1v) is 8.24. The lowest BCUT2D eigenvalue weighted by molar-refractivity contribution is 0.208. The fourth-order valence-corrected chi connectivity index (χ4v) is 2.70. The SMILES string of the molecule is CCc1nncn1CCNC(=NCCOC)NC1CCCC1.I. The number of guanidine groups is 1. The first kappa shape index (κ1) is 20.1. The van der Waals surface area contributed by atoms with Gasteiger partial charge < -0.3 is 19.9 Å². The van der Waals surface area contributed by atoms with Crippen molar-refractivity contribution in [2.45, 2.75) is 51.6 Å². The van der Waals surface area contributed by atoms with Gasteiger partial charge >= 0.3 is 0 Å². The van der Waals surface area contributed by atoms with Gasteiger partial charge in [-0.2, -0.15) is 0 Å². The summed E-state index contributed by atoms with van der Waals surface area (Å²) in [6, 6.07) is 0.551. The minimum atomic E-state index is 0. The van der Waals surface area contributed by atoms with Gasteiger partial charge in [0.1, 0.15) is 12.2 Å². The third-order valence-corrected chi connectivity index (χ3v) is 3.92. The number of nitrogens with one attached hydrogen (secondary N) is 2. The van der Waals surface area contributed by atoms with E-state index in [1.165, 1.54) is 25.7 Å². The van der Waals surface area contributed by atoms with E-state index in [-0.39, 0.29) is 24.0 Å². The summed E-state index contributed by atoms with van der Waals surface area (Å²) in [6.07, 6.45) is 7.77. The van der Waals surface area contributed by atoms with E-state index in [0.29, 0.717) is 19.2 Å². The number of nitrogens with zero attached hydrogens (tertiary/aromatic N) is 4. The number of aliphatic imine (C=N–C) groups is 1. The van der Waals surface area contributed by atoms with Crippen molar-refractivity contribution >= 4 is 29.9 Å². The maximum absolute atomic E-state index is 5.07. The summed E-state index contributed by atoms with van der Waals surface area (Å²) >= 11 is 0. The number of hydrogen-bond acceptors (Lipinski definition) is 4. The first-order valence-electron chi connectivity index (χ1n) is 8.24. The Morgan fingerprint density at radius 2 is 2.22 bits per heavy atom. The maximum Gasteiger partial charge on any atom is 0.191 e. The second kappa shape index (κ2) is 11.6. The van der Waals surface area contributed by atoms with E-state index >= 15 is 0 Å². The number of hydrogen-bond donors (Lipinski definition) is 2. The van der Waals surface area contributed by atoms with Crippen LogP contribution < -0.4 is 10.6 Å². The third kappa shape index (κ3) is 7.03. The molecule has 1 aromatic rings. The van der Waals surface area contributed by atoms with Crippen LogP contribution in [-0.4, -0.2) is 53.6 Å². The lowest BCUT2D eigenvalue weighted by Crippen LogP contribution is -2.43. The Morgan fingerprint density at radius 1 is 1.43 bits per heavy atom.